The van der Waals surface area contributed by atoms with Crippen molar-refractivity contribution in [2.45, 2.75) is 26.3 Å². The molecule has 2 aromatic rings. The van der Waals surface area contributed by atoms with Crippen LogP contribution in [-0.4, -0.2) is 32.0 Å². The Morgan fingerprint density at radius 2 is 1.75 bits per heavy atom. The van der Waals surface area contributed by atoms with E-state index in [0.717, 1.165) is 28.8 Å². The van der Waals surface area contributed by atoms with Gasteiger partial charge in [0.05, 0.1) is 13.1 Å². The number of aryl methyl sites for hydroxylation is 1. The highest BCUT2D eigenvalue weighted by Gasteiger charge is 2.19. The number of para-hydroxylation sites is 1. The van der Waals surface area contributed by atoms with Crippen LogP contribution in [0.2, 0.25) is 0 Å². The van der Waals surface area contributed by atoms with Crippen LogP contribution in [0, 0.1) is 0 Å². The van der Waals surface area contributed by atoms with Gasteiger partial charge in [-0.3, -0.25) is 9.59 Å². The van der Waals surface area contributed by atoms with E-state index >= 15 is 0 Å². The Balaban J connectivity index is 2.24. The summed E-state index contributed by atoms with van der Waals surface area (Å²) in [6, 6.07) is 15.9. The lowest BCUT2D eigenvalue weighted by Gasteiger charge is -2.26. The van der Waals surface area contributed by atoms with Crippen LogP contribution in [0.15, 0.2) is 55.1 Å². The summed E-state index contributed by atoms with van der Waals surface area (Å²) < 4.78 is 0. The number of anilines is 1. The second-order valence-corrected chi connectivity index (χ2v) is 6.50. The topological polar surface area (TPSA) is 61.4 Å². The van der Waals surface area contributed by atoms with Gasteiger partial charge in [-0.1, -0.05) is 62.0 Å². The van der Waals surface area contributed by atoms with Gasteiger partial charge in [0, 0.05) is 18.7 Å². The fraction of sp³-hybridized carbons (Fsp3) is 0.304. The van der Waals surface area contributed by atoms with Crippen LogP contribution in [0.25, 0.3) is 6.08 Å². The average Bonchev–Trinajstić information content (AvgIpc) is 2.72. The first kappa shape index (κ1) is 21.4. The normalized spacial score (nSPS) is 10.4. The molecule has 0 aliphatic rings. The third-order valence-electron chi connectivity index (χ3n) is 4.57. The smallest absolute Gasteiger partial charge is 0.233 e. The number of hydrogen-bond acceptors (Lipinski definition) is 3. The molecular formula is C23H29N3O2. The van der Waals surface area contributed by atoms with E-state index in [9.17, 15) is 9.59 Å². The zero-order chi connectivity index (χ0) is 20.4. The summed E-state index contributed by atoms with van der Waals surface area (Å²) in [5.74, 6) is -0.141. The second-order valence-electron chi connectivity index (χ2n) is 6.50. The first-order valence-corrected chi connectivity index (χ1v) is 9.60. The molecule has 0 heterocycles. The second kappa shape index (κ2) is 11.0. The van der Waals surface area contributed by atoms with Crippen LogP contribution in [-0.2, 0) is 22.6 Å². The predicted octanol–water partition coefficient (Wildman–Crippen LogP) is 3.15. The molecule has 5 heteroatoms. The number of nitrogens with one attached hydrogen (secondary N) is 2. The summed E-state index contributed by atoms with van der Waals surface area (Å²) in [5, 5.41) is 5.57. The zero-order valence-electron chi connectivity index (χ0n) is 16.7. The molecular weight excluding hydrogens is 350 g/mol. The third-order valence-corrected chi connectivity index (χ3v) is 4.57. The predicted molar refractivity (Wildman–Crippen MR) is 115 cm³/mol. The van der Waals surface area contributed by atoms with Crippen molar-refractivity contribution < 1.29 is 9.59 Å². The molecule has 2 rings (SSSR count). The number of likely N-dealkylation sites (N-methyl/N-ethyl adjacent to an activating group) is 1. The minimum absolute atomic E-state index is 0.0236. The highest BCUT2D eigenvalue weighted by molar-refractivity contribution is 5.94. The standard InChI is InChI=1S/C23H29N3O2/c1-4-18-10-6-7-12-20(18)17-26(21-13-9-8-11-19(21)5-2)23(28)14-15-25-22(27)16-24-3/h4,6-13,24H,1,5,14-17H2,2-3H3,(H,25,27). The summed E-state index contributed by atoms with van der Waals surface area (Å²) in [6.45, 7) is 6.97. The van der Waals surface area contributed by atoms with Crippen molar-refractivity contribution >= 4 is 23.6 Å². The van der Waals surface area contributed by atoms with Crippen LogP contribution < -0.4 is 15.5 Å². The molecule has 0 unspecified atom stereocenters. The minimum atomic E-state index is -0.118. The van der Waals surface area contributed by atoms with Gasteiger partial charge in [-0.05, 0) is 36.2 Å². The molecule has 28 heavy (non-hydrogen) atoms. The maximum atomic E-state index is 13.1. The van der Waals surface area contributed by atoms with E-state index in [1.807, 2.05) is 59.5 Å². The van der Waals surface area contributed by atoms with Crippen LogP contribution in [0.5, 0.6) is 0 Å². The maximum Gasteiger partial charge on any atom is 0.233 e. The van der Waals surface area contributed by atoms with Crippen LogP contribution >= 0.6 is 0 Å². The van der Waals surface area contributed by atoms with E-state index < -0.39 is 0 Å². The molecule has 148 valence electrons. The Kier molecular flexibility index (Phi) is 8.43. The van der Waals surface area contributed by atoms with Crippen LogP contribution in [0.3, 0.4) is 0 Å². The highest BCUT2D eigenvalue weighted by Crippen LogP contribution is 2.25. The molecule has 2 N–H and O–H groups in total. The largest absolute Gasteiger partial charge is 0.354 e. The number of rotatable bonds is 10. The molecule has 0 spiro atoms. The Morgan fingerprint density at radius 3 is 2.43 bits per heavy atom. The molecule has 2 amide bonds. The van der Waals surface area contributed by atoms with E-state index in [0.29, 0.717) is 13.1 Å². The lowest BCUT2D eigenvalue weighted by Crippen LogP contribution is -2.37. The molecule has 0 aliphatic carbocycles. The Hall–Kier alpha value is -2.92. The quantitative estimate of drug-likeness (QED) is 0.667. The Labute approximate surface area is 167 Å². The summed E-state index contributed by atoms with van der Waals surface area (Å²) in [5.41, 5.74) is 4.08. The van der Waals surface area contributed by atoms with Gasteiger partial charge in [-0.15, -0.1) is 0 Å². The molecule has 0 aliphatic heterocycles. The van der Waals surface area contributed by atoms with E-state index in [2.05, 4.69) is 24.1 Å². The monoisotopic (exact) mass is 379 g/mol. The molecule has 5 nitrogen and oxygen atoms in total. The maximum absolute atomic E-state index is 13.1. The van der Waals surface area contributed by atoms with Gasteiger partial charge in [0.25, 0.3) is 0 Å². The first-order chi connectivity index (χ1) is 13.6. The van der Waals surface area contributed by atoms with Gasteiger partial charge in [0.1, 0.15) is 0 Å². The number of carbonyl (C=O) groups excluding carboxylic acids is 2. The number of hydrogen-bond donors (Lipinski definition) is 2. The van der Waals surface area contributed by atoms with Crippen molar-refractivity contribution in [2.24, 2.45) is 0 Å². The summed E-state index contributed by atoms with van der Waals surface area (Å²) in [7, 11) is 1.71. The van der Waals surface area contributed by atoms with Gasteiger partial charge in [-0.25, -0.2) is 0 Å². The van der Waals surface area contributed by atoms with Crippen molar-refractivity contribution in [2.75, 3.05) is 25.0 Å². The molecule has 0 saturated carbocycles. The SMILES string of the molecule is C=Cc1ccccc1CN(C(=O)CCNC(=O)CNC)c1ccccc1CC. The van der Waals surface area contributed by atoms with E-state index in [4.69, 9.17) is 0 Å². The minimum Gasteiger partial charge on any atom is -0.354 e. The van der Waals surface area contributed by atoms with Crippen LogP contribution in [0.1, 0.15) is 30.0 Å². The number of amides is 2. The summed E-state index contributed by atoms with van der Waals surface area (Å²) >= 11 is 0. The van der Waals surface area contributed by atoms with E-state index in [1.165, 1.54) is 0 Å². The van der Waals surface area contributed by atoms with Gasteiger partial charge in [0.15, 0.2) is 0 Å². The Morgan fingerprint density at radius 1 is 1.07 bits per heavy atom. The van der Waals surface area contributed by atoms with Crippen molar-refractivity contribution in [1.29, 1.82) is 0 Å². The molecule has 0 aromatic heterocycles. The van der Waals surface area contributed by atoms with Gasteiger partial charge in [0.2, 0.25) is 11.8 Å². The molecule has 0 atom stereocenters. The van der Waals surface area contributed by atoms with Crippen molar-refractivity contribution in [3.63, 3.8) is 0 Å². The summed E-state index contributed by atoms with van der Waals surface area (Å²) in [6.07, 6.45) is 2.88. The van der Waals surface area contributed by atoms with Gasteiger partial charge < -0.3 is 15.5 Å². The van der Waals surface area contributed by atoms with Crippen LogP contribution in [0.4, 0.5) is 5.69 Å². The van der Waals surface area contributed by atoms with Gasteiger partial charge in [-0.2, -0.15) is 0 Å². The average molecular weight is 380 g/mol. The molecule has 0 radical (unpaired) electrons. The number of carbonyl (C=O) groups is 2. The molecule has 0 bridgehead atoms. The number of benzene rings is 2. The van der Waals surface area contributed by atoms with Crippen molar-refractivity contribution in [3.05, 3.63) is 71.8 Å². The molecule has 2 aromatic carbocycles. The first-order valence-electron chi connectivity index (χ1n) is 9.60. The lowest BCUT2D eigenvalue weighted by molar-refractivity contribution is -0.120. The Bertz CT molecular complexity index is 817. The fourth-order valence-corrected chi connectivity index (χ4v) is 3.10. The summed E-state index contributed by atoms with van der Waals surface area (Å²) in [4.78, 5) is 26.5. The molecule has 0 saturated heterocycles. The number of nitrogens with zero attached hydrogens (tertiary/aromatic N) is 1. The van der Waals surface area contributed by atoms with Gasteiger partial charge >= 0.3 is 0 Å². The fourth-order valence-electron chi connectivity index (χ4n) is 3.10. The molecule has 0 fully saturated rings. The third kappa shape index (κ3) is 5.79. The zero-order valence-corrected chi connectivity index (χ0v) is 16.7. The highest BCUT2D eigenvalue weighted by atomic mass is 16.2. The lowest BCUT2D eigenvalue weighted by atomic mass is 10.0. The van der Waals surface area contributed by atoms with E-state index in [-0.39, 0.29) is 24.8 Å². The van der Waals surface area contributed by atoms with Crippen molar-refractivity contribution in [1.82, 2.24) is 10.6 Å². The van der Waals surface area contributed by atoms with E-state index in [1.54, 1.807) is 7.05 Å². The van der Waals surface area contributed by atoms with Crippen molar-refractivity contribution in [3.8, 4) is 0 Å².